The molecule has 11 heteroatoms. The third-order valence-corrected chi connectivity index (χ3v) is 6.40. The lowest BCUT2D eigenvalue weighted by molar-refractivity contribution is 0.0600. The first-order valence-corrected chi connectivity index (χ1v) is 11.5. The third-order valence-electron chi connectivity index (χ3n) is 5.43. The maximum absolute atomic E-state index is 13.9. The van der Waals surface area contributed by atoms with E-state index in [2.05, 4.69) is 9.97 Å². The number of ether oxygens (including phenoxy) is 1. The number of nitrogens with zero attached hydrogens (tertiary/aromatic N) is 4. The van der Waals surface area contributed by atoms with Gasteiger partial charge in [-0.2, -0.15) is 8.78 Å². The molecule has 0 aliphatic rings. The van der Waals surface area contributed by atoms with Crippen molar-refractivity contribution in [2.75, 3.05) is 7.11 Å². The van der Waals surface area contributed by atoms with Gasteiger partial charge in [0.05, 0.1) is 53.2 Å². The van der Waals surface area contributed by atoms with E-state index in [1.54, 1.807) is 36.4 Å². The molecule has 0 aliphatic carbocycles. The van der Waals surface area contributed by atoms with Gasteiger partial charge in [-0.15, -0.1) is 0 Å². The number of aromatic nitrogens is 4. The predicted octanol–water partition coefficient (Wildman–Crippen LogP) is 4.86. The zero-order chi connectivity index (χ0) is 24.5. The van der Waals surface area contributed by atoms with Gasteiger partial charge in [-0.25, -0.2) is 14.8 Å². The minimum Gasteiger partial charge on any atom is -0.467 e. The van der Waals surface area contributed by atoms with Crippen molar-refractivity contribution in [2.45, 2.75) is 24.0 Å². The fourth-order valence-electron chi connectivity index (χ4n) is 3.80. The molecule has 178 valence electrons. The highest BCUT2D eigenvalue weighted by Gasteiger charge is 2.20. The lowest BCUT2D eigenvalue weighted by Crippen LogP contribution is -2.24. The second-order valence-corrected chi connectivity index (χ2v) is 8.48. The Bertz CT molecular complexity index is 1590. The molecule has 0 bridgehead atoms. The number of thioether (sulfide) groups is 1. The van der Waals surface area contributed by atoms with Crippen LogP contribution in [0.2, 0.25) is 0 Å². The van der Waals surface area contributed by atoms with Crippen LogP contribution in [0.4, 0.5) is 8.78 Å². The van der Waals surface area contributed by atoms with Gasteiger partial charge in [0.25, 0.3) is 5.56 Å². The van der Waals surface area contributed by atoms with Crippen LogP contribution in [0.5, 0.6) is 0 Å². The predicted molar refractivity (Wildman–Crippen MR) is 126 cm³/mol. The first kappa shape index (κ1) is 22.8. The summed E-state index contributed by atoms with van der Waals surface area (Å²) in [5.41, 5.74) is 0.947. The first-order valence-electron chi connectivity index (χ1n) is 10.5. The fourth-order valence-corrected chi connectivity index (χ4v) is 4.72. The van der Waals surface area contributed by atoms with Crippen molar-refractivity contribution in [2.24, 2.45) is 0 Å². The van der Waals surface area contributed by atoms with Crippen LogP contribution in [0.1, 0.15) is 28.5 Å². The average molecular weight is 496 g/mol. The second kappa shape index (κ2) is 9.34. The van der Waals surface area contributed by atoms with E-state index in [-0.39, 0.29) is 34.4 Å². The highest BCUT2D eigenvalue weighted by molar-refractivity contribution is 7.98. The summed E-state index contributed by atoms with van der Waals surface area (Å²) in [6, 6.07) is 14.6. The molecular weight excluding hydrogens is 478 g/mol. The molecule has 0 N–H and O–H groups in total. The molecule has 0 radical (unpaired) electrons. The van der Waals surface area contributed by atoms with E-state index >= 15 is 0 Å². The number of alkyl halides is 2. The maximum atomic E-state index is 13.9. The molecule has 0 saturated heterocycles. The summed E-state index contributed by atoms with van der Waals surface area (Å²) in [5, 5.41) is 0.571. The number of imidazole rings is 1. The number of fused-ring (bicyclic) bond motifs is 2. The molecule has 0 spiro atoms. The van der Waals surface area contributed by atoms with Crippen molar-refractivity contribution in [3.8, 4) is 0 Å². The summed E-state index contributed by atoms with van der Waals surface area (Å²) in [7, 11) is 1.26. The minimum absolute atomic E-state index is 0.0335. The van der Waals surface area contributed by atoms with E-state index in [0.717, 1.165) is 16.3 Å². The SMILES string of the molecule is COC(=O)c1ccc2c(=O)n(Cc3ccco3)c(SCc3nc4ccccc4n3C(F)F)nc2c1. The summed E-state index contributed by atoms with van der Waals surface area (Å²) >= 11 is 1.10. The number of hydrogen-bond donors (Lipinski definition) is 0. The summed E-state index contributed by atoms with van der Waals surface area (Å²) in [6.45, 7) is -2.68. The molecule has 0 fully saturated rings. The van der Waals surface area contributed by atoms with Crippen LogP contribution >= 0.6 is 11.8 Å². The number of carbonyl (C=O) groups excluding carboxylic acids is 1. The highest BCUT2D eigenvalue weighted by Crippen LogP contribution is 2.28. The number of methoxy groups -OCH3 is 1. The zero-order valence-electron chi connectivity index (χ0n) is 18.4. The summed E-state index contributed by atoms with van der Waals surface area (Å²) < 4.78 is 40.2. The van der Waals surface area contributed by atoms with Crippen LogP contribution in [-0.2, 0) is 17.0 Å². The molecule has 3 heterocycles. The van der Waals surface area contributed by atoms with E-state index in [4.69, 9.17) is 9.15 Å². The lowest BCUT2D eigenvalue weighted by atomic mass is 10.1. The molecule has 0 amide bonds. The molecule has 5 aromatic rings. The Hall–Kier alpha value is -3.99. The molecule has 35 heavy (non-hydrogen) atoms. The minimum atomic E-state index is -2.78. The Balaban J connectivity index is 1.59. The van der Waals surface area contributed by atoms with Crippen LogP contribution in [0.3, 0.4) is 0 Å². The van der Waals surface area contributed by atoms with E-state index in [9.17, 15) is 18.4 Å². The van der Waals surface area contributed by atoms with Gasteiger partial charge in [-0.05, 0) is 42.5 Å². The normalized spacial score (nSPS) is 11.5. The standard InChI is InChI=1S/C24H18F2N4O4S/c1-33-22(32)14-8-9-16-18(11-14)28-24(29(21(16)31)12-15-5-4-10-34-15)35-13-20-27-17-6-2-3-7-19(17)30(20)23(25)26/h2-11,23H,12-13H2,1H3. The first-order chi connectivity index (χ1) is 17.0. The molecule has 0 unspecified atom stereocenters. The van der Waals surface area contributed by atoms with Gasteiger partial charge in [-0.3, -0.25) is 13.9 Å². The number of carbonyl (C=O) groups is 1. The smallest absolute Gasteiger partial charge is 0.337 e. The van der Waals surface area contributed by atoms with Gasteiger partial charge in [0.15, 0.2) is 5.16 Å². The van der Waals surface area contributed by atoms with Gasteiger partial charge in [-0.1, -0.05) is 23.9 Å². The van der Waals surface area contributed by atoms with Crippen molar-refractivity contribution >= 4 is 39.7 Å². The Labute approximate surface area is 201 Å². The monoisotopic (exact) mass is 496 g/mol. The molecule has 3 aromatic heterocycles. The van der Waals surface area contributed by atoms with Crippen LogP contribution in [0.25, 0.3) is 21.9 Å². The van der Waals surface area contributed by atoms with Gasteiger partial charge >= 0.3 is 12.5 Å². The van der Waals surface area contributed by atoms with Crippen LogP contribution in [-0.4, -0.2) is 32.2 Å². The average Bonchev–Trinajstić information content (AvgIpc) is 3.51. The molecule has 5 rings (SSSR count). The molecule has 0 aliphatic heterocycles. The van der Waals surface area contributed by atoms with Crippen molar-refractivity contribution in [3.63, 3.8) is 0 Å². The van der Waals surface area contributed by atoms with Crippen molar-refractivity contribution in [1.29, 1.82) is 0 Å². The van der Waals surface area contributed by atoms with Crippen LogP contribution in [0.15, 0.2) is 75.2 Å². The van der Waals surface area contributed by atoms with Gasteiger partial charge in [0.2, 0.25) is 0 Å². The molecule has 0 atom stereocenters. The largest absolute Gasteiger partial charge is 0.467 e. The fraction of sp³-hybridized carbons (Fsp3) is 0.167. The van der Waals surface area contributed by atoms with Gasteiger partial charge < -0.3 is 9.15 Å². The zero-order valence-corrected chi connectivity index (χ0v) is 19.2. The molecule has 0 saturated carbocycles. The number of furan rings is 1. The number of esters is 1. The Kier molecular flexibility index (Phi) is 6.08. The van der Waals surface area contributed by atoms with Crippen LogP contribution in [0, 0.1) is 0 Å². The maximum Gasteiger partial charge on any atom is 0.337 e. The number of rotatable bonds is 7. The molecule has 8 nitrogen and oxygen atoms in total. The van der Waals surface area contributed by atoms with Crippen LogP contribution < -0.4 is 5.56 Å². The number of benzene rings is 2. The summed E-state index contributed by atoms with van der Waals surface area (Å²) in [6.07, 6.45) is 1.50. The Morgan fingerprint density at radius 3 is 2.69 bits per heavy atom. The summed E-state index contributed by atoms with van der Waals surface area (Å²) in [5.74, 6) is 0.147. The van der Waals surface area contributed by atoms with Gasteiger partial charge in [0.1, 0.15) is 11.6 Å². The van der Waals surface area contributed by atoms with E-state index < -0.39 is 12.5 Å². The van der Waals surface area contributed by atoms with Gasteiger partial charge in [0, 0.05) is 0 Å². The lowest BCUT2D eigenvalue weighted by Gasteiger charge is -2.13. The summed E-state index contributed by atoms with van der Waals surface area (Å²) in [4.78, 5) is 34.3. The Morgan fingerprint density at radius 1 is 1.11 bits per heavy atom. The Morgan fingerprint density at radius 2 is 1.94 bits per heavy atom. The number of halogens is 2. The van der Waals surface area contributed by atoms with E-state index in [1.807, 2.05) is 0 Å². The second-order valence-electron chi connectivity index (χ2n) is 7.54. The third kappa shape index (κ3) is 4.30. The topological polar surface area (TPSA) is 92.2 Å². The van der Waals surface area contributed by atoms with Crippen molar-refractivity contribution < 1.29 is 22.7 Å². The van der Waals surface area contributed by atoms with E-state index in [0.29, 0.717) is 27.7 Å². The quantitative estimate of drug-likeness (QED) is 0.180. The number of hydrogen-bond acceptors (Lipinski definition) is 7. The molecule has 2 aromatic carbocycles. The number of para-hydroxylation sites is 2. The van der Waals surface area contributed by atoms with E-state index in [1.165, 1.54) is 36.1 Å². The highest BCUT2D eigenvalue weighted by atomic mass is 32.2. The van der Waals surface area contributed by atoms with Crippen molar-refractivity contribution in [1.82, 2.24) is 19.1 Å². The van der Waals surface area contributed by atoms with Crippen molar-refractivity contribution in [3.05, 3.63) is 88.4 Å². The molecular formula is C24H18F2N4O4S.